The molecule has 1 amide bonds. The summed E-state index contributed by atoms with van der Waals surface area (Å²) in [5, 5.41) is 12.0. The Morgan fingerprint density at radius 1 is 1.32 bits per heavy atom. The Hall–Kier alpha value is -1.20. The van der Waals surface area contributed by atoms with Crippen LogP contribution in [0.2, 0.25) is 5.02 Å². The van der Waals surface area contributed by atoms with Gasteiger partial charge < -0.3 is 10.4 Å². The third kappa shape index (κ3) is 3.88. The highest BCUT2D eigenvalue weighted by Crippen LogP contribution is 2.19. The van der Waals surface area contributed by atoms with Gasteiger partial charge >= 0.3 is 0 Å². The molecule has 0 saturated carbocycles. The van der Waals surface area contributed by atoms with Gasteiger partial charge in [0.1, 0.15) is 11.6 Å². The molecule has 3 nitrogen and oxygen atoms in total. The monoisotopic (exact) mass is 291 g/mol. The van der Waals surface area contributed by atoms with Gasteiger partial charge in [0.05, 0.1) is 16.2 Å². The maximum absolute atomic E-state index is 13.5. The molecule has 0 spiro atoms. The number of rotatable bonds is 5. The van der Waals surface area contributed by atoms with Crippen molar-refractivity contribution in [2.45, 2.75) is 32.3 Å². The molecule has 0 bridgehead atoms. The predicted octanol–water partition coefficient (Wildman–Crippen LogP) is 2.90. The molecule has 0 saturated heterocycles. The Labute approximate surface area is 115 Å². The van der Waals surface area contributed by atoms with E-state index in [0.29, 0.717) is 12.8 Å². The number of amides is 1. The summed E-state index contributed by atoms with van der Waals surface area (Å²) < 4.78 is 26.7. The molecule has 0 aromatic heterocycles. The highest BCUT2D eigenvalue weighted by molar-refractivity contribution is 6.30. The van der Waals surface area contributed by atoms with Gasteiger partial charge in [-0.15, -0.1) is 0 Å². The first-order valence-electron chi connectivity index (χ1n) is 5.98. The average Bonchev–Trinajstić information content (AvgIpc) is 2.39. The van der Waals surface area contributed by atoms with Crippen molar-refractivity contribution in [1.82, 2.24) is 5.32 Å². The van der Waals surface area contributed by atoms with E-state index >= 15 is 0 Å². The van der Waals surface area contributed by atoms with E-state index in [1.165, 1.54) is 0 Å². The van der Waals surface area contributed by atoms with Crippen molar-refractivity contribution >= 4 is 17.5 Å². The van der Waals surface area contributed by atoms with Gasteiger partial charge in [-0.25, -0.2) is 8.78 Å². The molecular weight excluding hydrogens is 276 g/mol. The van der Waals surface area contributed by atoms with Crippen LogP contribution in [-0.2, 0) is 0 Å². The number of hydrogen-bond donors (Lipinski definition) is 2. The van der Waals surface area contributed by atoms with E-state index in [2.05, 4.69) is 5.32 Å². The van der Waals surface area contributed by atoms with Gasteiger partial charge in [-0.05, 0) is 25.0 Å². The molecule has 0 heterocycles. The molecule has 0 fully saturated rings. The smallest absolute Gasteiger partial charge is 0.254 e. The van der Waals surface area contributed by atoms with Crippen LogP contribution < -0.4 is 5.32 Å². The SMILES string of the molecule is CCC(O)(CC)CNC(=O)c1cc(F)c(Cl)cc1F. The highest BCUT2D eigenvalue weighted by Gasteiger charge is 2.24. The molecule has 1 aromatic carbocycles. The van der Waals surface area contributed by atoms with E-state index in [1.807, 2.05) is 0 Å². The number of carbonyl (C=O) groups excluding carboxylic acids is 1. The fourth-order valence-corrected chi connectivity index (χ4v) is 1.69. The Bertz CT molecular complexity index is 476. The summed E-state index contributed by atoms with van der Waals surface area (Å²) in [5.74, 6) is -2.55. The van der Waals surface area contributed by atoms with E-state index in [-0.39, 0.29) is 11.6 Å². The number of carbonyl (C=O) groups is 1. The Morgan fingerprint density at radius 3 is 2.42 bits per heavy atom. The van der Waals surface area contributed by atoms with Crippen LogP contribution in [0.1, 0.15) is 37.0 Å². The van der Waals surface area contributed by atoms with E-state index in [4.69, 9.17) is 11.6 Å². The summed E-state index contributed by atoms with van der Waals surface area (Å²) in [5.41, 5.74) is -1.48. The molecule has 0 atom stereocenters. The molecule has 1 aromatic rings. The van der Waals surface area contributed by atoms with Gasteiger partial charge in [-0.3, -0.25) is 4.79 Å². The second-order valence-corrected chi connectivity index (χ2v) is 4.77. The third-order valence-electron chi connectivity index (χ3n) is 3.15. The van der Waals surface area contributed by atoms with Crippen molar-refractivity contribution < 1.29 is 18.7 Å². The van der Waals surface area contributed by atoms with Crippen LogP contribution in [0.4, 0.5) is 8.78 Å². The quantitative estimate of drug-likeness (QED) is 0.820. The first-order valence-corrected chi connectivity index (χ1v) is 6.36. The summed E-state index contributed by atoms with van der Waals surface area (Å²) in [6.45, 7) is 3.53. The van der Waals surface area contributed by atoms with Crippen LogP contribution >= 0.6 is 11.6 Å². The maximum Gasteiger partial charge on any atom is 0.254 e. The lowest BCUT2D eigenvalue weighted by atomic mass is 9.97. The Kier molecular flexibility index (Phi) is 5.26. The number of nitrogens with one attached hydrogen (secondary N) is 1. The van der Waals surface area contributed by atoms with Crippen molar-refractivity contribution in [3.8, 4) is 0 Å². The molecule has 0 aliphatic heterocycles. The topological polar surface area (TPSA) is 49.3 Å². The second kappa shape index (κ2) is 6.30. The largest absolute Gasteiger partial charge is 0.388 e. The highest BCUT2D eigenvalue weighted by atomic mass is 35.5. The fraction of sp³-hybridized carbons (Fsp3) is 0.462. The van der Waals surface area contributed by atoms with Crippen LogP contribution in [0.3, 0.4) is 0 Å². The first-order chi connectivity index (χ1) is 8.83. The molecule has 2 N–H and O–H groups in total. The van der Waals surface area contributed by atoms with Gasteiger partial charge in [0.15, 0.2) is 0 Å². The van der Waals surface area contributed by atoms with E-state index < -0.39 is 28.7 Å². The van der Waals surface area contributed by atoms with Crippen molar-refractivity contribution in [1.29, 1.82) is 0 Å². The molecule has 106 valence electrons. The van der Waals surface area contributed by atoms with Crippen molar-refractivity contribution in [3.63, 3.8) is 0 Å². The molecule has 6 heteroatoms. The first kappa shape index (κ1) is 15.9. The van der Waals surface area contributed by atoms with Gasteiger partial charge in [0.25, 0.3) is 5.91 Å². The summed E-state index contributed by atoms with van der Waals surface area (Å²) in [4.78, 5) is 11.7. The second-order valence-electron chi connectivity index (χ2n) is 4.36. The number of halogens is 3. The minimum Gasteiger partial charge on any atom is -0.388 e. The lowest BCUT2D eigenvalue weighted by molar-refractivity contribution is 0.0313. The number of benzene rings is 1. The molecule has 1 rings (SSSR count). The normalized spacial score (nSPS) is 11.5. The average molecular weight is 292 g/mol. The van der Waals surface area contributed by atoms with Crippen LogP contribution in [-0.4, -0.2) is 23.2 Å². The van der Waals surface area contributed by atoms with Gasteiger partial charge in [-0.1, -0.05) is 25.4 Å². The minimum absolute atomic E-state index is 0.0253. The van der Waals surface area contributed by atoms with E-state index in [9.17, 15) is 18.7 Å². The van der Waals surface area contributed by atoms with Gasteiger partial charge in [-0.2, -0.15) is 0 Å². The molecule has 19 heavy (non-hydrogen) atoms. The molecule has 0 aliphatic carbocycles. The van der Waals surface area contributed by atoms with Crippen LogP contribution in [0.15, 0.2) is 12.1 Å². The number of hydrogen-bond acceptors (Lipinski definition) is 2. The lowest BCUT2D eigenvalue weighted by Crippen LogP contribution is -2.42. The number of aliphatic hydroxyl groups is 1. The summed E-state index contributed by atoms with van der Waals surface area (Å²) in [6.07, 6.45) is 0.891. The van der Waals surface area contributed by atoms with Crippen molar-refractivity contribution in [3.05, 3.63) is 34.4 Å². The van der Waals surface area contributed by atoms with Crippen molar-refractivity contribution in [2.75, 3.05) is 6.54 Å². The van der Waals surface area contributed by atoms with Crippen LogP contribution in [0, 0.1) is 11.6 Å². The third-order valence-corrected chi connectivity index (χ3v) is 3.44. The lowest BCUT2D eigenvalue weighted by Gasteiger charge is -2.25. The summed E-state index contributed by atoms with van der Waals surface area (Å²) in [7, 11) is 0. The Balaban J connectivity index is 2.82. The van der Waals surface area contributed by atoms with E-state index in [1.54, 1.807) is 13.8 Å². The molecule has 0 unspecified atom stereocenters. The maximum atomic E-state index is 13.5. The standard InChI is InChI=1S/C13H16ClF2NO2/c1-3-13(19,4-2)7-17-12(18)8-5-11(16)9(14)6-10(8)15/h5-6,19H,3-4,7H2,1-2H3,(H,17,18). The zero-order valence-corrected chi connectivity index (χ0v) is 11.5. The van der Waals surface area contributed by atoms with Crippen LogP contribution in [0.25, 0.3) is 0 Å². The van der Waals surface area contributed by atoms with Gasteiger partial charge in [0, 0.05) is 6.54 Å². The Morgan fingerprint density at radius 2 is 1.89 bits per heavy atom. The van der Waals surface area contributed by atoms with Gasteiger partial charge in [0.2, 0.25) is 0 Å². The minimum atomic E-state index is -1.04. The molecular formula is C13H16ClF2NO2. The van der Waals surface area contributed by atoms with Crippen LogP contribution in [0.5, 0.6) is 0 Å². The summed E-state index contributed by atoms with van der Waals surface area (Å²) >= 11 is 5.40. The fourth-order valence-electron chi connectivity index (χ4n) is 1.54. The zero-order valence-electron chi connectivity index (χ0n) is 10.8. The molecule has 0 radical (unpaired) electrons. The predicted molar refractivity (Wildman–Crippen MR) is 69.2 cm³/mol. The zero-order chi connectivity index (χ0) is 14.6. The summed E-state index contributed by atoms with van der Waals surface area (Å²) in [6, 6.07) is 1.49. The molecule has 0 aliphatic rings. The van der Waals surface area contributed by atoms with E-state index in [0.717, 1.165) is 12.1 Å². The van der Waals surface area contributed by atoms with Crippen molar-refractivity contribution in [2.24, 2.45) is 0 Å².